The third kappa shape index (κ3) is 6.47. The molecule has 0 rings (SSSR count). The molecule has 0 aliphatic carbocycles. The predicted molar refractivity (Wildman–Crippen MR) is 52.4 cm³/mol. The SMILES string of the molecule is CC(C)CC[C@@H](C)NC(=O)CCl. The normalized spacial score (nSPS) is 13.1. The second-order valence-corrected chi connectivity index (χ2v) is 3.84. The number of carbonyl (C=O) groups is 1. The first-order valence-corrected chi connectivity index (χ1v) is 4.95. The molecule has 0 aromatic heterocycles. The van der Waals surface area contributed by atoms with Crippen molar-refractivity contribution in [2.45, 2.75) is 39.7 Å². The van der Waals surface area contributed by atoms with Gasteiger partial charge in [0.25, 0.3) is 0 Å². The highest BCUT2D eigenvalue weighted by Gasteiger charge is 2.06. The van der Waals surface area contributed by atoms with Gasteiger partial charge in [0.05, 0.1) is 0 Å². The second kappa shape index (κ2) is 6.30. The molecule has 0 fully saturated rings. The van der Waals surface area contributed by atoms with E-state index in [1.54, 1.807) is 0 Å². The van der Waals surface area contributed by atoms with Gasteiger partial charge in [-0.05, 0) is 25.7 Å². The highest BCUT2D eigenvalue weighted by atomic mass is 35.5. The van der Waals surface area contributed by atoms with Crippen molar-refractivity contribution >= 4 is 17.5 Å². The molecule has 0 spiro atoms. The first kappa shape index (κ1) is 11.8. The summed E-state index contributed by atoms with van der Waals surface area (Å²) in [6.45, 7) is 6.36. The molecule has 1 amide bonds. The van der Waals surface area contributed by atoms with Crippen LogP contribution in [-0.4, -0.2) is 17.8 Å². The Morgan fingerprint density at radius 2 is 1.92 bits per heavy atom. The lowest BCUT2D eigenvalue weighted by Gasteiger charge is -2.13. The Morgan fingerprint density at radius 3 is 2.33 bits per heavy atom. The summed E-state index contributed by atoms with van der Waals surface area (Å²) in [5.41, 5.74) is 0. The molecule has 0 unspecified atom stereocenters. The summed E-state index contributed by atoms with van der Waals surface area (Å²) < 4.78 is 0. The quantitative estimate of drug-likeness (QED) is 0.664. The van der Waals surface area contributed by atoms with E-state index in [1.807, 2.05) is 6.92 Å². The van der Waals surface area contributed by atoms with Crippen LogP contribution in [0.15, 0.2) is 0 Å². The molecule has 72 valence electrons. The Bertz CT molecular complexity index is 136. The summed E-state index contributed by atoms with van der Waals surface area (Å²) in [7, 11) is 0. The minimum Gasteiger partial charge on any atom is -0.353 e. The Balaban J connectivity index is 3.45. The summed E-state index contributed by atoms with van der Waals surface area (Å²) in [6.07, 6.45) is 2.17. The maximum Gasteiger partial charge on any atom is 0.235 e. The van der Waals surface area contributed by atoms with Gasteiger partial charge in [-0.1, -0.05) is 13.8 Å². The predicted octanol–water partition coefficient (Wildman–Crippen LogP) is 2.17. The molecule has 12 heavy (non-hydrogen) atoms. The number of nitrogens with one attached hydrogen (secondary N) is 1. The van der Waals surface area contributed by atoms with E-state index in [4.69, 9.17) is 11.6 Å². The summed E-state index contributed by atoms with van der Waals surface area (Å²) >= 11 is 5.35. The van der Waals surface area contributed by atoms with E-state index in [0.29, 0.717) is 5.92 Å². The molecule has 0 saturated heterocycles. The first-order valence-electron chi connectivity index (χ1n) is 4.41. The fraction of sp³-hybridized carbons (Fsp3) is 0.889. The summed E-state index contributed by atoms with van der Waals surface area (Å²) in [5.74, 6) is 0.680. The van der Waals surface area contributed by atoms with Crippen molar-refractivity contribution in [2.75, 3.05) is 5.88 Å². The topological polar surface area (TPSA) is 29.1 Å². The van der Waals surface area contributed by atoms with Crippen molar-refractivity contribution in [3.8, 4) is 0 Å². The Hall–Kier alpha value is -0.240. The third-order valence-corrected chi connectivity index (χ3v) is 1.95. The molecule has 3 heteroatoms. The van der Waals surface area contributed by atoms with Crippen molar-refractivity contribution in [3.05, 3.63) is 0 Å². The lowest BCUT2D eigenvalue weighted by atomic mass is 10.0. The minimum absolute atomic E-state index is 0.0615. The van der Waals surface area contributed by atoms with E-state index < -0.39 is 0 Å². The van der Waals surface area contributed by atoms with Crippen molar-refractivity contribution in [1.82, 2.24) is 5.32 Å². The smallest absolute Gasteiger partial charge is 0.235 e. The molecule has 0 aromatic carbocycles. The van der Waals surface area contributed by atoms with E-state index in [0.717, 1.165) is 12.8 Å². The van der Waals surface area contributed by atoms with Crippen LogP contribution in [0.4, 0.5) is 0 Å². The van der Waals surface area contributed by atoms with Gasteiger partial charge in [-0.25, -0.2) is 0 Å². The number of amides is 1. The van der Waals surface area contributed by atoms with Gasteiger partial charge in [-0.2, -0.15) is 0 Å². The average Bonchev–Trinajstić information content (AvgIpc) is 2.00. The van der Waals surface area contributed by atoms with E-state index in [2.05, 4.69) is 19.2 Å². The average molecular weight is 192 g/mol. The fourth-order valence-corrected chi connectivity index (χ4v) is 1.05. The largest absolute Gasteiger partial charge is 0.353 e. The summed E-state index contributed by atoms with van der Waals surface area (Å²) in [4.78, 5) is 10.8. The van der Waals surface area contributed by atoms with Gasteiger partial charge < -0.3 is 5.32 Å². The van der Waals surface area contributed by atoms with Gasteiger partial charge in [0, 0.05) is 6.04 Å². The van der Waals surface area contributed by atoms with Crippen LogP contribution >= 0.6 is 11.6 Å². The van der Waals surface area contributed by atoms with Crippen LogP contribution in [0, 0.1) is 5.92 Å². The summed E-state index contributed by atoms with van der Waals surface area (Å²) in [6, 6.07) is 0.249. The van der Waals surface area contributed by atoms with Crippen LogP contribution in [-0.2, 0) is 4.79 Å². The number of rotatable bonds is 5. The molecular formula is C9H18ClNO. The number of halogens is 1. The maximum atomic E-state index is 10.8. The van der Waals surface area contributed by atoms with Crippen molar-refractivity contribution in [3.63, 3.8) is 0 Å². The third-order valence-electron chi connectivity index (χ3n) is 1.71. The maximum absolute atomic E-state index is 10.8. The van der Waals surface area contributed by atoms with Gasteiger partial charge in [0.15, 0.2) is 0 Å². The fourth-order valence-electron chi connectivity index (χ4n) is 0.969. The van der Waals surface area contributed by atoms with Crippen LogP contribution in [0.2, 0.25) is 0 Å². The highest BCUT2D eigenvalue weighted by molar-refractivity contribution is 6.27. The Labute approximate surface area is 79.7 Å². The van der Waals surface area contributed by atoms with Crippen molar-refractivity contribution < 1.29 is 4.79 Å². The van der Waals surface area contributed by atoms with Gasteiger partial charge in [0.1, 0.15) is 5.88 Å². The Kier molecular flexibility index (Phi) is 6.17. The lowest BCUT2D eigenvalue weighted by Crippen LogP contribution is -2.33. The zero-order valence-electron chi connectivity index (χ0n) is 8.06. The zero-order valence-corrected chi connectivity index (χ0v) is 8.82. The van der Waals surface area contributed by atoms with Gasteiger partial charge in [-0.3, -0.25) is 4.79 Å². The van der Waals surface area contributed by atoms with Gasteiger partial charge >= 0.3 is 0 Å². The number of hydrogen-bond donors (Lipinski definition) is 1. The molecule has 1 atom stereocenters. The highest BCUT2D eigenvalue weighted by Crippen LogP contribution is 2.06. The van der Waals surface area contributed by atoms with Crippen LogP contribution in [0.25, 0.3) is 0 Å². The molecular weight excluding hydrogens is 174 g/mol. The summed E-state index contributed by atoms with van der Waals surface area (Å²) in [5, 5.41) is 2.81. The first-order chi connectivity index (χ1) is 5.56. The molecule has 0 bridgehead atoms. The van der Waals surface area contributed by atoms with Crippen molar-refractivity contribution in [2.24, 2.45) is 5.92 Å². The van der Waals surface area contributed by atoms with Crippen LogP contribution in [0.3, 0.4) is 0 Å². The van der Waals surface area contributed by atoms with Gasteiger partial charge in [-0.15, -0.1) is 11.6 Å². The van der Waals surface area contributed by atoms with E-state index in [-0.39, 0.29) is 17.8 Å². The van der Waals surface area contributed by atoms with E-state index in [1.165, 1.54) is 0 Å². The zero-order chi connectivity index (χ0) is 9.56. The molecule has 0 aromatic rings. The number of alkyl halides is 1. The van der Waals surface area contributed by atoms with Crippen molar-refractivity contribution in [1.29, 1.82) is 0 Å². The van der Waals surface area contributed by atoms with E-state index >= 15 is 0 Å². The van der Waals surface area contributed by atoms with Crippen LogP contribution < -0.4 is 5.32 Å². The lowest BCUT2D eigenvalue weighted by molar-refractivity contribution is -0.119. The Morgan fingerprint density at radius 1 is 1.33 bits per heavy atom. The molecule has 1 N–H and O–H groups in total. The molecule has 0 radical (unpaired) electrons. The molecule has 0 aliphatic rings. The monoisotopic (exact) mass is 191 g/mol. The van der Waals surface area contributed by atoms with Crippen LogP contribution in [0.5, 0.6) is 0 Å². The van der Waals surface area contributed by atoms with Crippen LogP contribution in [0.1, 0.15) is 33.6 Å². The second-order valence-electron chi connectivity index (χ2n) is 3.57. The number of carbonyl (C=O) groups excluding carboxylic acids is 1. The number of hydrogen-bond acceptors (Lipinski definition) is 1. The van der Waals surface area contributed by atoms with E-state index in [9.17, 15) is 4.79 Å². The minimum atomic E-state index is -0.0760. The standard InChI is InChI=1S/C9H18ClNO/c1-7(2)4-5-8(3)11-9(12)6-10/h7-8H,4-6H2,1-3H3,(H,11,12)/t8-/m1/s1. The molecule has 0 aliphatic heterocycles. The molecule has 0 heterocycles. The molecule has 2 nitrogen and oxygen atoms in total. The molecule has 0 saturated carbocycles. The van der Waals surface area contributed by atoms with Gasteiger partial charge in [0.2, 0.25) is 5.91 Å².